The molecule has 3 heteroatoms. The lowest BCUT2D eigenvalue weighted by molar-refractivity contribution is 0.104. The molecular weight excluding hydrogens is 286 g/mol. The average molecular weight is 305 g/mol. The van der Waals surface area contributed by atoms with Crippen molar-refractivity contribution in [2.24, 2.45) is 0 Å². The summed E-state index contributed by atoms with van der Waals surface area (Å²) in [5, 5.41) is 3.46. The van der Waals surface area contributed by atoms with Crippen LogP contribution in [-0.4, -0.2) is 17.6 Å². The predicted octanol–water partition coefficient (Wildman–Crippen LogP) is 3.65. The van der Waals surface area contributed by atoms with Gasteiger partial charge in [-0.15, -0.1) is 0 Å². The van der Waals surface area contributed by atoms with Crippen molar-refractivity contribution < 1.29 is 9.59 Å². The molecule has 0 unspecified atom stereocenters. The number of hydrogen-bond acceptors (Lipinski definition) is 3. The van der Waals surface area contributed by atoms with Gasteiger partial charge in [-0.05, 0) is 25.8 Å². The van der Waals surface area contributed by atoms with Crippen LogP contribution in [0.25, 0.3) is 5.70 Å². The fourth-order valence-corrected chi connectivity index (χ4v) is 2.94. The van der Waals surface area contributed by atoms with E-state index in [0.717, 1.165) is 24.0 Å². The maximum atomic E-state index is 12.5. The normalized spacial score (nSPS) is 17.2. The van der Waals surface area contributed by atoms with Crippen molar-refractivity contribution in [1.29, 1.82) is 0 Å². The number of rotatable bonds is 3. The smallest absolute Gasteiger partial charge is 0.187 e. The van der Waals surface area contributed by atoms with Gasteiger partial charge in [0.25, 0.3) is 0 Å². The highest BCUT2D eigenvalue weighted by atomic mass is 16.1. The molecular formula is C20H19NO2. The summed E-state index contributed by atoms with van der Waals surface area (Å²) in [5.74, 6) is -0.0718. The van der Waals surface area contributed by atoms with Crippen LogP contribution >= 0.6 is 0 Å². The topological polar surface area (TPSA) is 46.2 Å². The molecule has 0 spiro atoms. The molecule has 1 aliphatic rings. The molecule has 0 radical (unpaired) electrons. The molecule has 1 aliphatic heterocycles. The zero-order valence-corrected chi connectivity index (χ0v) is 13.3. The maximum absolute atomic E-state index is 12.5. The first kappa shape index (κ1) is 15.2. The van der Waals surface area contributed by atoms with E-state index in [2.05, 4.69) is 25.2 Å². The van der Waals surface area contributed by atoms with Gasteiger partial charge in [-0.3, -0.25) is 9.59 Å². The van der Waals surface area contributed by atoms with Gasteiger partial charge >= 0.3 is 0 Å². The van der Waals surface area contributed by atoms with Gasteiger partial charge in [0.15, 0.2) is 5.78 Å². The number of hydrogen-bond donors (Lipinski definition) is 1. The molecule has 0 aromatic heterocycles. The first-order chi connectivity index (χ1) is 11.0. The lowest BCUT2D eigenvalue weighted by Crippen LogP contribution is -2.43. The summed E-state index contributed by atoms with van der Waals surface area (Å²) in [6.07, 6.45) is 3.34. The summed E-state index contributed by atoms with van der Waals surface area (Å²) >= 11 is 0. The number of fused-ring (bicyclic) bond motifs is 1. The van der Waals surface area contributed by atoms with E-state index in [-0.39, 0.29) is 11.3 Å². The van der Waals surface area contributed by atoms with Crippen LogP contribution in [-0.2, 0) is 6.42 Å². The Labute approximate surface area is 136 Å². The van der Waals surface area contributed by atoms with Crippen LogP contribution < -0.4 is 5.32 Å². The van der Waals surface area contributed by atoms with Crippen LogP contribution in [0.3, 0.4) is 0 Å². The molecule has 0 saturated heterocycles. The monoisotopic (exact) mass is 305 g/mol. The van der Waals surface area contributed by atoms with Gasteiger partial charge in [-0.2, -0.15) is 0 Å². The van der Waals surface area contributed by atoms with Crippen LogP contribution in [0, 0.1) is 0 Å². The van der Waals surface area contributed by atoms with Gasteiger partial charge in [0, 0.05) is 34.0 Å². The van der Waals surface area contributed by atoms with E-state index in [9.17, 15) is 9.59 Å². The van der Waals surface area contributed by atoms with Gasteiger partial charge < -0.3 is 5.32 Å². The van der Waals surface area contributed by atoms with Crippen LogP contribution in [0.2, 0.25) is 0 Å². The van der Waals surface area contributed by atoms with Crippen LogP contribution in [0.1, 0.15) is 45.7 Å². The molecule has 3 rings (SSSR count). The first-order valence-corrected chi connectivity index (χ1v) is 7.66. The lowest BCUT2D eigenvalue weighted by atomic mass is 9.85. The van der Waals surface area contributed by atoms with E-state index >= 15 is 0 Å². The van der Waals surface area contributed by atoms with E-state index in [1.54, 1.807) is 30.3 Å². The van der Waals surface area contributed by atoms with Crippen LogP contribution in [0.5, 0.6) is 0 Å². The van der Waals surface area contributed by atoms with Crippen molar-refractivity contribution in [3.8, 4) is 0 Å². The van der Waals surface area contributed by atoms with E-state index < -0.39 is 0 Å². The van der Waals surface area contributed by atoms with Gasteiger partial charge in [0.2, 0.25) is 0 Å². The number of carbonyl (C=O) groups excluding carboxylic acids is 2. The summed E-state index contributed by atoms with van der Waals surface area (Å²) in [5.41, 5.74) is 4.21. The fourth-order valence-electron chi connectivity index (χ4n) is 2.94. The Morgan fingerprint density at radius 3 is 2.48 bits per heavy atom. The fraction of sp³-hybridized carbons (Fsp3) is 0.200. The van der Waals surface area contributed by atoms with Gasteiger partial charge in [0.05, 0.1) is 0 Å². The SMILES string of the molecule is CC1(C)Cc2ccccc2/C(=C/C(=O)c2ccc(C=O)cc2)N1. The standard InChI is InChI=1S/C20H19NO2/c1-20(2)12-16-5-3-4-6-17(16)18(21-20)11-19(23)15-9-7-14(13-22)8-10-15/h3-11,13,21H,12H2,1-2H3/b18-11-. The van der Waals surface area contributed by atoms with Gasteiger partial charge in [0.1, 0.15) is 6.29 Å². The summed E-state index contributed by atoms with van der Waals surface area (Å²) in [7, 11) is 0. The van der Waals surface area contributed by atoms with E-state index in [1.807, 2.05) is 18.2 Å². The Morgan fingerprint density at radius 1 is 1.09 bits per heavy atom. The van der Waals surface area contributed by atoms with E-state index in [0.29, 0.717) is 11.1 Å². The highest BCUT2D eigenvalue weighted by molar-refractivity contribution is 6.08. The van der Waals surface area contributed by atoms with E-state index in [4.69, 9.17) is 0 Å². The Hall–Kier alpha value is -2.68. The van der Waals surface area contributed by atoms with Crippen LogP contribution in [0.15, 0.2) is 54.6 Å². The minimum Gasteiger partial charge on any atom is -0.379 e. The highest BCUT2D eigenvalue weighted by Gasteiger charge is 2.27. The minimum absolute atomic E-state index is 0.0718. The van der Waals surface area contributed by atoms with E-state index in [1.165, 1.54) is 5.56 Å². The van der Waals surface area contributed by atoms with Gasteiger partial charge in [-0.25, -0.2) is 0 Å². The Bertz CT molecular complexity index is 786. The summed E-state index contributed by atoms with van der Waals surface area (Å²) in [6, 6.07) is 14.8. The molecule has 1 heterocycles. The van der Waals surface area contributed by atoms with Crippen molar-refractivity contribution in [3.63, 3.8) is 0 Å². The third kappa shape index (κ3) is 3.24. The predicted molar refractivity (Wildman–Crippen MR) is 91.5 cm³/mol. The summed E-state index contributed by atoms with van der Waals surface area (Å²) in [4.78, 5) is 23.2. The third-order valence-electron chi connectivity index (χ3n) is 4.02. The number of aldehydes is 1. The molecule has 0 saturated carbocycles. The number of allylic oxidation sites excluding steroid dienone is 1. The Morgan fingerprint density at radius 2 is 1.78 bits per heavy atom. The lowest BCUT2D eigenvalue weighted by Gasteiger charge is -2.35. The number of nitrogens with one attached hydrogen (secondary N) is 1. The minimum atomic E-state index is -0.0954. The van der Waals surface area contributed by atoms with Crippen molar-refractivity contribution >= 4 is 17.8 Å². The first-order valence-electron chi connectivity index (χ1n) is 7.66. The molecule has 23 heavy (non-hydrogen) atoms. The number of carbonyl (C=O) groups is 2. The van der Waals surface area contributed by atoms with Crippen molar-refractivity contribution in [1.82, 2.24) is 5.32 Å². The van der Waals surface area contributed by atoms with Crippen molar-refractivity contribution in [2.45, 2.75) is 25.8 Å². The van der Waals surface area contributed by atoms with Crippen molar-refractivity contribution in [2.75, 3.05) is 0 Å². The quantitative estimate of drug-likeness (QED) is 0.535. The molecule has 0 atom stereocenters. The molecule has 2 aromatic rings. The zero-order valence-electron chi connectivity index (χ0n) is 13.3. The molecule has 0 bridgehead atoms. The van der Waals surface area contributed by atoms with Crippen molar-refractivity contribution in [3.05, 3.63) is 76.9 Å². The summed E-state index contributed by atoms with van der Waals surface area (Å²) in [6.45, 7) is 4.25. The Balaban J connectivity index is 1.97. The molecule has 3 nitrogen and oxygen atoms in total. The second-order valence-electron chi connectivity index (χ2n) is 6.50. The Kier molecular flexibility index (Phi) is 3.87. The second kappa shape index (κ2) is 5.84. The second-order valence-corrected chi connectivity index (χ2v) is 6.50. The highest BCUT2D eigenvalue weighted by Crippen LogP contribution is 2.29. The average Bonchev–Trinajstić information content (AvgIpc) is 2.54. The maximum Gasteiger partial charge on any atom is 0.187 e. The molecule has 2 aromatic carbocycles. The molecule has 1 N–H and O–H groups in total. The van der Waals surface area contributed by atoms with Crippen LogP contribution in [0.4, 0.5) is 0 Å². The largest absolute Gasteiger partial charge is 0.379 e. The number of ketones is 1. The molecule has 0 amide bonds. The summed E-state index contributed by atoms with van der Waals surface area (Å²) < 4.78 is 0. The zero-order chi connectivity index (χ0) is 16.4. The molecule has 0 aliphatic carbocycles. The van der Waals surface area contributed by atoms with Gasteiger partial charge in [-0.1, -0.05) is 48.5 Å². The number of benzene rings is 2. The molecule has 0 fully saturated rings. The molecule has 116 valence electrons. The third-order valence-corrected chi connectivity index (χ3v) is 4.02.